The van der Waals surface area contributed by atoms with Crippen molar-refractivity contribution in [3.05, 3.63) is 41.5 Å². The summed E-state index contributed by atoms with van der Waals surface area (Å²) in [6.07, 6.45) is 19.1. The van der Waals surface area contributed by atoms with E-state index >= 15 is 0 Å². The van der Waals surface area contributed by atoms with Gasteiger partial charge in [0.25, 0.3) is 0 Å². The van der Waals surface area contributed by atoms with Gasteiger partial charge in [0.2, 0.25) is 0 Å². The van der Waals surface area contributed by atoms with Crippen molar-refractivity contribution in [1.29, 1.82) is 0 Å². The Hall–Kier alpha value is -1.77. The maximum atomic E-state index is 12.5. The molecule has 0 heterocycles. The van der Waals surface area contributed by atoms with Gasteiger partial charge < -0.3 is 9.84 Å². The van der Waals surface area contributed by atoms with Crippen LogP contribution in [0.15, 0.2) is 30.4 Å². The second-order valence-electron chi connectivity index (χ2n) is 10.8. The maximum Gasteiger partial charge on any atom is 0.330 e. The highest BCUT2D eigenvalue weighted by molar-refractivity contribution is 5.82. The lowest BCUT2D eigenvalue weighted by Crippen LogP contribution is -2.45. The summed E-state index contributed by atoms with van der Waals surface area (Å²) < 4.78 is 6.05. The van der Waals surface area contributed by atoms with Gasteiger partial charge in [0.1, 0.15) is 11.9 Å². The van der Waals surface area contributed by atoms with E-state index in [-0.39, 0.29) is 17.5 Å². The van der Waals surface area contributed by atoms with Crippen LogP contribution >= 0.6 is 0 Å². The zero-order valence-corrected chi connectivity index (χ0v) is 20.2. The summed E-state index contributed by atoms with van der Waals surface area (Å²) in [7, 11) is 0. The first kappa shape index (κ1) is 23.4. The Balaban J connectivity index is 1.30. The number of phenolic OH excluding ortho intramolecular Hbond substituents is 1. The molecule has 2 fully saturated rings. The van der Waals surface area contributed by atoms with Gasteiger partial charge in [-0.1, -0.05) is 58.1 Å². The summed E-state index contributed by atoms with van der Waals surface area (Å²) in [5, 5.41) is 9.88. The van der Waals surface area contributed by atoms with E-state index in [2.05, 4.69) is 19.9 Å². The Morgan fingerprint density at radius 1 is 1.12 bits per heavy atom. The zero-order valence-electron chi connectivity index (χ0n) is 20.2. The van der Waals surface area contributed by atoms with Crippen molar-refractivity contribution in [3.63, 3.8) is 0 Å². The molecule has 1 aromatic rings. The SMILES string of the molecule is CCCCCCCCC=CC(=O)OC1CC[C@H]2[C@@H]3CCc4cc(O)ccc4[C@H]3CC[C@]12C. The van der Waals surface area contributed by atoms with Gasteiger partial charge in [-0.15, -0.1) is 0 Å². The van der Waals surface area contributed by atoms with Crippen molar-refractivity contribution in [2.75, 3.05) is 0 Å². The molecule has 1 unspecified atom stereocenters. The molecule has 1 N–H and O–H groups in total. The normalized spacial score (nSPS) is 31.2. The Morgan fingerprint density at radius 2 is 1.94 bits per heavy atom. The van der Waals surface area contributed by atoms with Gasteiger partial charge in [-0.25, -0.2) is 4.79 Å². The molecule has 0 aromatic heterocycles. The van der Waals surface area contributed by atoms with E-state index in [1.807, 2.05) is 18.2 Å². The van der Waals surface area contributed by atoms with Gasteiger partial charge in [-0.05, 0) is 92.4 Å². The minimum Gasteiger partial charge on any atom is -0.508 e. The molecular formula is C29H42O3. The highest BCUT2D eigenvalue weighted by Gasteiger charge is 2.56. The van der Waals surface area contributed by atoms with Gasteiger partial charge in [-0.2, -0.15) is 0 Å². The smallest absolute Gasteiger partial charge is 0.330 e. The molecule has 0 spiro atoms. The summed E-state index contributed by atoms with van der Waals surface area (Å²) in [6, 6.07) is 5.98. The lowest BCUT2D eigenvalue weighted by molar-refractivity contribution is -0.151. The van der Waals surface area contributed by atoms with Gasteiger partial charge >= 0.3 is 5.97 Å². The summed E-state index contributed by atoms with van der Waals surface area (Å²) in [5.74, 6) is 2.16. The average Bonchev–Trinajstić information content (AvgIpc) is 3.11. The van der Waals surface area contributed by atoms with Gasteiger partial charge in [0.05, 0.1) is 0 Å². The molecule has 0 radical (unpaired) electrons. The standard InChI is InChI=1S/C29H42O3/c1-3-4-5-6-7-8-9-10-11-28(31)32-27-17-16-26-25-14-12-21-20-22(30)13-15-23(21)24(25)18-19-29(26,27)2/h10-11,13,15,20,24-27,30H,3-9,12,14,16-19H2,1-2H3/t24-,25-,26+,27?,29+/m1/s1. The molecule has 32 heavy (non-hydrogen) atoms. The summed E-state index contributed by atoms with van der Waals surface area (Å²) in [4.78, 5) is 12.5. The van der Waals surface area contributed by atoms with Gasteiger partial charge in [0.15, 0.2) is 0 Å². The molecule has 3 aliphatic rings. The number of ether oxygens (including phenoxy) is 1. The third-order valence-corrected chi connectivity index (χ3v) is 8.86. The zero-order chi connectivity index (χ0) is 22.6. The largest absolute Gasteiger partial charge is 0.508 e. The molecule has 1 aromatic carbocycles. The van der Waals surface area contributed by atoms with E-state index in [1.165, 1.54) is 62.5 Å². The first-order valence-electron chi connectivity index (χ1n) is 13.2. The second kappa shape index (κ2) is 10.4. The number of esters is 1. The van der Waals surface area contributed by atoms with Crippen LogP contribution in [0, 0.1) is 17.3 Å². The molecule has 4 rings (SSSR count). The van der Waals surface area contributed by atoms with Crippen LogP contribution in [0.4, 0.5) is 0 Å². The van der Waals surface area contributed by atoms with Crippen LogP contribution in [0.1, 0.15) is 108 Å². The molecule has 0 saturated heterocycles. The van der Waals surface area contributed by atoms with Crippen LogP contribution in [0.3, 0.4) is 0 Å². The number of fused-ring (bicyclic) bond motifs is 5. The molecule has 3 heteroatoms. The molecular weight excluding hydrogens is 396 g/mol. The number of carbonyl (C=O) groups excluding carboxylic acids is 1. The van der Waals surface area contributed by atoms with Crippen LogP contribution in [-0.2, 0) is 16.0 Å². The number of hydrogen-bond acceptors (Lipinski definition) is 3. The van der Waals surface area contributed by atoms with E-state index in [4.69, 9.17) is 4.74 Å². The van der Waals surface area contributed by atoms with Crippen molar-refractivity contribution in [2.45, 2.75) is 109 Å². The minimum absolute atomic E-state index is 0.0564. The third-order valence-electron chi connectivity index (χ3n) is 8.86. The predicted molar refractivity (Wildman–Crippen MR) is 130 cm³/mol. The number of benzene rings is 1. The van der Waals surface area contributed by atoms with E-state index in [0.717, 1.165) is 32.1 Å². The van der Waals surface area contributed by atoms with Crippen molar-refractivity contribution < 1.29 is 14.6 Å². The number of aromatic hydroxyl groups is 1. The van der Waals surface area contributed by atoms with E-state index in [9.17, 15) is 9.90 Å². The van der Waals surface area contributed by atoms with Crippen molar-refractivity contribution in [3.8, 4) is 5.75 Å². The van der Waals surface area contributed by atoms with Crippen LogP contribution in [0.5, 0.6) is 5.75 Å². The lowest BCUT2D eigenvalue weighted by Gasteiger charge is -2.50. The third kappa shape index (κ3) is 4.92. The first-order chi connectivity index (χ1) is 15.5. The highest BCUT2D eigenvalue weighted by Crippen LogP contribution is 2.61. The molecule has 3 aliphatic carbocycles. The van der Waals surface area contributed by atoms with E-state index in [1.54, 1.807) is 6.08 Å². The molecule has 0 amide bonds. The fourth-order valence-electron chi connectivity index (χ4n) is 7.12. The monoisotopic (exact) mass is 438 g/mol. The number of unbranched alkanes of at least 4 members (excludes halogenated alkanes) is 6. The minimum atomic E-state index is -0.144. The fraction of sp³-hybridized carbons (Fsp3) is 0.690. The summed E-state index contributed by atoms with van der Waals surface area (Å²) in [5.41, 5.74) is 2.91. The molecule has 0 bridgehead atoms. The average molecular weight is 439 g/mol. The number of aryl methyl sites for hydroxylation is 1. The quantitative estimate of drug-likeness (QED) is 0.247. The molecule has 2 saturated carbocycles. The van der Waals surface area contributed by atoms with Gasteiger partial charge in [-0.3, -0.25) is 0 Å². The van der Waals surface area contributed by atoms with Crippen LogP contribution in [0.2, 0.25) is 0 Å². The van der Waals surface area contributed by atoms with Crippen molar-refractivity contribution in [1.82, 2.24) is 0 Å². The van der Waals surface area contributed by atoms with Crippen LogP contribution in [0.25, 0.3) is 0 Å². The predicted octanol–water partition coefficient (Wildman–Crippen LogP) is 7.47. The van der Waals surface area contributed by atoms with Crippen LogP contribution in [-0.4, -0.2) is 17.2 Å². The highest BCUT2D eigenvalue weighted by atomic mass is 16.5. The Morgan fingerprint density at radius 3 is 2.78 bits per heavy atom. The maximum absolute atomic E-state index is 12.5. The summed E-state index contributed by atoms with van der Waals surface area (Å²) >= 11 is 0. The fourth-order valence-corrected chi connectivity index (χ4v) is 7.12. The summed E-state index contributed by atoms with van der Waals surface area (Å²) in [6.45, 7) is 4.62. The molecule has 0 aliphatic heterocycles. The lowest BCUT2D eigenvalue weighted by atomic mass is 9.55. The van der Waals surface area contributed by atoms with Crippen molar-refractivity contribution in [2.24, 2.45) is 17.3 Å². The molecule has 5 atom stereocenters. The number of allylic oxidation sites excluding steroid dienone is 1. The molecule has 176 valence electrons. The Bertz CT molecular complexity index is 813. The van der Waals surface area contributed by atoms with E-state index in [0.29, 0.717) is 23.5 Å². The first-order valence-corrected chi connectivity index (χ1v) is 13.2. The number of carbonyl (C=O) groups is 1. The Kier molecular flexibility index (Phi) is 7.63. The number of phenols is 1. The Labute approximate surface area is 194 Å². The van der Waals surface area contributed by atoms with E-state index < -0.39 is 0 Å². The second-order valence-corrected chi connectivity index (χ2v) is 10.8. The van der Waals surface area contributed by atoms with Crippen LogP contribution < -0.4 is 0 Å². The van der Waals surface area contributed by atoms with Crippen molar-refractivity contribution >= 4 is 5.97 Å². The molecule has 3 nitrogen and oxygen atoms in total. The van der Waals surface area contributed by atoms with Gasteiger partial charge in [0, 0.05) is 11.5 Å². The number of rotatable bonds is 9. The number of hydrogen-bond donors (Lipinski definition) is 1. The topological polar surface area (TPSA) is 46.5 Å².